The fourth-order valence-corrected chi connectivity index (χ4v) is 2.86. The highest BCUT2D eigenvalue weighted by Gasteiger charge is 2.19. The van der Waals surface area contributed by atoms with Crippen molar-refractivity contribution < 1.29 is 4.74 Å². The molecular weight excluding hydrogens is 222 g/mol. The zero-order valence-corrected chi connectivity index (χ0v) is 12.1. The monoisotopic (exact) mass is 247 g/mol. The number of hydrogen-bond acceptors (Lipinski definition) is 2. The number of nitrogens with zero attached hydrogens (tertiary/aromatic N) is 1. The molecule has 1 aliphatic heterocycles. The van der Waals surface area contributed by atoms with E-state index in [-0.39, 0.29) is 0 Å². The summed E-state index contributed by atoms with van der Waals surface area (Å²) in [6, 6.07) is 5.05. The highest BCUT2D eigenvalue weighted by Crippen LogP contribution is 2.26. The minimum atomic E-state index is 0.723. The molecular formula is C16H25NO. The van der Waals surface area contributed by atoms with Crippen LogP contribution in [0.2, 0.25) is 0 Å². The van der Waals surface area contributed by atoms with Gasteiger partial charge >= 0.3 is 0 Å². The maximum Gasteiger partial charge on any atom is 0.122 e. The van der Waals surface area contributed by atoms with Crippen LogP contribution in [0.15, 0.2) is 12.1 Å². The number of methoxy groups -OCH3 is 1. The first-order chi connectivity index (χ1) is 8.63. The van der Waals surface area contributed by atoms with E-state index in [2.05, 4.69) is 37.8 Å². The topological polar surface area (TPSA) is 12.5 Å². The van der Waals surface area contributed by atoms with Gasteiger partial charge in [-0.25, -0.2) is 0 Å². The van der Waals surface area contributed by atoms with Crippen molar-refractivity contribution in [2.24, 2.45) is 0 Å². The minimum absolute atomic E-state index is 0.723. The quantitative estimate of drug-likeness (QED) is 0.807. The molecule has 0 N–H and O–H groups in total. The summed E-state index contributed by atoms with van der Waals surface area (Å²) in [7, 11) is 1.74. The summed E-state index contributed by atoms with van der Waals surface area (Å²) in [6.07, 6.45) is 4.07. The molecule has 1 aromatic rings. The number of likely N-dealkylation sites (tertiary alicyclic amines) is 1. The summed E-state index contributed by atoms with van der Waals surface area (Å²) in [5.41, 5.74) is 4.11. The van der Waals surface area contributed by atoms with E-state index in [0.29, 0.717) is 0 Å². The van der Waals surface area contributed by atoms with Crippen molar-refractivity contribution >= 4 is 0 Å². The highest BCUT2D eigenvalue weighted by atomic mass is 16.5. The van der Waals surface area contributed by atoms with Gasteiger partial charge in [-0.1, -0.05) is 12.5 Å². The Labute approximate surface area is 111 Å². The molecule has 1 atom stereocenters. The third kappa shape index (κ3) is 2.69. The molecule has 18 heavy (non-hydrogen) atoms. The Bertz CT molecular complexity index is 414. The van der Waals surface area contributed by atoms with Crippen LogP contribution in [-0.2, 0) is 6.54 Å². The molecule has 2 heteroatoms. The molecule has 0 spiro atoms. The number of rotatable bonds is 3. The van der Waals surface area contributed by atoms with Crippen LogP contribution >= 0.6 is 0 Å². The highest BCUT2D eigenvalue weighted by molar-refractivity contribution is 5.43. The second-order valence-electron chi connectivity index (χ2n) is 5.49. The number of piperidine rings is 1. The molecule has 0 amide bonds. The maximum atomic E-state index is 5.38. The maximum absolute atomic E-state index is 5.38. The summed E-state index contributed by atoms with van der Waals surface area (Å²) in [5.74, 6) is 1.00. The van der Waals surface area contributed by atoms with Gasteiger partial charge in [0.25, 0.3) is 0 Å². The normalized spacial score (nSPS) is 21.0. The predicted octanol–water partition coefficient (Wildman–Crippen LogP) is 3.69. The van der Waals surface area contributed by atoms with Crippen LogP contribution in [-0.4, -0.2) is 24.6 Å². The van der Waals surface area contributed by atoms with Gasteiger partial charge in [0.2, 0.25) is 0 Å². The first-order valence-corrected chi connectivity index (χ1v) is 7.00. The first kappa shape index (κ1) is 13.4. The van der Waals surface area contributed by atoms with Crippen molar-refractivity contribution in [2.45, 2.75) is 52.6 Å². The molecule has 2 nitrogen and oxygen atoms in total. The van der Waals surface area contributed by atoms with Gasteiger partial charge in [0.05, 0.1) is 7.11 Å². The van der Waals surface area contributed by atoms with Crippen molar-refractivity contribution in [2.75, 3.05) is 13.7 Å². The first-order valence-electron chi connectivity index (χ1n) is 7.00. The molecule has 1 aromatic carbocycles. The van der Waals surface area contributed by atoms with Gasteiger partial charge in [-0.15, -0.1) is 0 Å². The van der Waals surface area contributed by atoms with Gasteiger partial charge in [0, 0.05) is 12.6 Å². The smallest absolute Gasteiger partial charge is 0.122 e. The fourth-order valence-electron chi connectivity index (χ4n) is 2.86. The fraction of sp³-hybridized carbons (Fsp3) is 0.625. The molecule has 1 saturated heterocycles. The molecule has 1 aliphatic rings. The molecule has 0 aromatic heterocycles. The Morgan fingerprint density at radius 2 is 2.00 bits per heavy atom. The lowest BCUT2D eigenvalue weighted by atomic mass is 9.99. The minimum Gasteiger partial charge on any atom is -0.496 e. The summed E-state index contributed by atoms with van der Waals surface area (Å²) in [5, 5.41) is 0. The second kappa shape index (κ2) is 5.75. The zero-order chi connectivity index (χ0) is 13.1. The molecule has 0 aliphatic carbocycles. The molecule has 1 heterocycles. The van der Waals surface area contributed by atoms with E-state index in [1.807, 2.05) is 0 Å². The third-order valence-corrected chi connectivity index (χ3v) is 4.38. The van der Waals surface area contributed by atoms with Gasteiger partial charge in [0.15, 0.2) is 0 Å². The second-order valence-corrected chi connectivity index (χ2v) is 5.49. The van der Waals surface area contributed by atoms with E-state index in [1.165, 1.54) is 42.5 Å². The average Bonchev–Trinajstić information content (AvgIpc) is 2.38. The van der Waals surface area contributed by atoms with E-state index in [9.17, 15) is 0 Å². The van der Waals surface area contributed by atoms with Crippen molar-refractivity contribution in [3.63, 3.8) is 0 Å². The molecule has 0 saturated carbocycles. The Morgan fingerprint density at radius 3 is 2.67 bits per heavy atom. The molecule has 0 unspecified atom stereocenters. The molecule has 100 valence electrons. The third-order valence-electron chi connectivity index (χ3n) is 4.38. The van der Waals surface area contributed by atoms with Gasteiger partial charge < -0.3 is 4.74 Å². The summed E-state index contributed by atoms with van der Waals surface area (Å²) in [4.78, 5) is 2.61. The molecule has 1 fully saturated rings. The average molecular weight is 247 g/mol. The van der Waals surface area contributed by atoms with E-state index in [0.717, 1.165) is 18.3 Å². The van der Waals surface area contributed by atoms with Crippen LogP contribution in [0.4, 0.5) is 0 Å². The molecule has 2 rings (SSSR count). The Hall–Kier alpha value is -1.02. The van der Waals surface area contributed by atoms with E-state index >= 15 is 0 Å². The number of ether oxygens (including phenoxy) is 1. The predicted molar refractivity (Wildman–Crippen MR) is 76.2 cm³/mol. The standard InChI is InChI=1S/C16H25NO/c1-12-7-5-6-10-17(12)11-15-8-9-16(18-4)14(3)13(15)2/h8-9,12H,5-7,10-11H2,1-4H3/t12-/m1/s1. The number of benzene rings is 1. The van der Waals surface area contributed by atoms with Crippen LogP contribution in [0, 0.1) is 13.8 Å². The van der Waals surface area contributed by atoms with Crippen molar-refractivity contribution in [3.05, 3.63) is 28.8 Å². The van der Waals surface area contributed by atoms with E-state index in [1.54, 1.807) is 7.11 Å². The lowest BCUT2D eigenvalue weighted by molar-refractivity contribution is 0.152. The van der Waals surface area contributed by atoms with Crippen molar-refractivity contribution in [1.82, 2.24) is 4.90 Å². The van der Waals surface area contributed by atoms with Crippen LogP contribution in [0.1, 0.15) is 42.9 Å². The molecule has 0 bridgehead atoms. The SMILES string of the molecule is COc1ccc(CN2CCCC[C@H]2C)c(C)c1C. The van der Waals surface area contributed by atoms with Crippen molar-refractivity contribution in [1.29, 1.82) is 0 Å². The van der Waals surface area contributed by atoms with E-state index in [4.69, 9.17) is 4.74 Å². The summed E-state index contributed by atoms with van der Waals surface area (Å²) < 4.78 is 5.38. The molecule has 0 radical (unpaired) electrons. The lowest BCUT2D eigenvalue weighted by Crippen LogP contribution is -2.36. The van der Waals surface area contributed by atoms with E-state index < -0.39 is 0 Å². The van der Waals surface area contributed by atoms with Crippen LogP contribution in [0.25, 0.3) is 0 Å². The zero-order valence-electron chi connectivity index (χ0n) is 12.1. The van der Waals surface area contributed by atoms with Crippen LogP contribution in [0.3, 0.4) is 0 Å². The summed E-state index contributed by atoms with van der Waals surface area (Å²) in [6.45, 7) is 9.04. The Morgan fingerprint density at radius 1 is 1.22 bits per heavy atom. The summed E-state index contributed by atoms with van der Waals surface area (Å²) >= 11 is 0. The van der Waals surface area contributed by atoms with Gasteiger partial charge in [-0.2, -0.15) is 0 Å². The number of hydrogen-bond donors (Lipinski definition) is 0. The Balaban J connectivity index is 2.16. The van der Waals surface area contributed by atoms with Gasteiger partial charge in [-0.3, -0.25) is 4.90 Å². The lowest BCUT2D eigenvalue weighted by Gasteiger charge is -2.34. The van der Waals surface area contributed by atoms with Gasteiger partial charge in [0.1, 0.15) is 5.75 Å². The van der Waals surface area contributed by atoms with Crippen molar-refractivity contribution in [3.8, 4) is 5.75 Å². The largest absolute Gasteiger partial charge is 0.496 e. The van der Waals surface area contributed by atoms with Crippen LogP contribution in [0.5, 0.6) is 5.75 Å². The van der Waals surface area contributed by atoms with Gasteiger partial charge in [-0.05, 0) is 62.9 Å². The van der Waals surface area contributed by atoms with Crippen LogP contribution < -0.4 is 4.74 Å². The Kier molecular flexibility index (Phi) is 4.28.